The van der Waals surface area contributed by atoms with Gasteiger partial charge in [0.25, 0.3) is 0 Å². The molecular formula is C79H146N12O9. The number of hydrogen-bond acceptors (Lipinski definition) is 21. The van der Waals surface area contributed by atoms with E-state index in [0.717, 1.165) is 31.2 Å². The van der Waals surface area contributed by atoms with Crippen molar-refractivity contribution in [2.75, 3.05) is 26.2 Å². The zero-order chi connectivity index (χ0) is 77.7. The van der Waals surface area contributed by atoms with Crippen molar-refractivity contribution in [1.29, 1.82) is 0 Å². The smallest absolute Gasteiger partial charge is 0.153 e. The summed E-state index contributed by atoms with van der Waals surface area (Å²) < 4.78 is 0. The maximum Gasteiger partial charge on any atom is 0.153 e. The minimum atomic E-state index is -0.795. The van der Waals surface area contributed by atoms with Gasteiger partial charge in [0.2, 0.25) is 0 Å². The van der Waals surface area contributed by atoms with E-state index in [2.05, 4.69) is 68.9 Å². The first-order valence-corrected chi connectivity index (χ1v) is 37.1. The normalized spacial score (nSPS) is 14.1. The highest BCUT2D eigenvalue weighted by molar-refractivity contribution is 5.94. The van der Waals surface area contributed by atoms with Gasteiger partial charge in [-0.3, -0.25) is 38.4 Å². The van der Waals surface area contributed by atoms with Crippen LogP contribution in [-0.2, 0) is 44.8 Å². The molecule has 0 amide bonds. The van der Waals surface area contributed by atoms with Gasteiger partial charge in [0.05, 0.1) is 53.6 Å². The van der Waals surface area contributed by atoms with Crippen LogP contribution < -0.4 is 65.5 Å². The molecular weight excluding hydrogens is 1260 g/mol. The Bertz CT molecular complexity index is 2380. The second-order valence-electron chi connectivity index (χ2n) is 30.3. The van der Waals surface area contributed by atoms with Crippen LogP contribution >= 0.6 is 0 Å². The molecule has 0 spiro atoms. The molecule has 576 valence electrons. The van der Waals surface area contributed by atoms with Gasteiger partial charge >= 0.3 is 0 Å². The molecule has 1 unspecified atom stereocenters. The molecule has 0 aliphatic rings. The van der Waals surface area contributed by atoms with Gasteiger partial charge in [-0.2, -0.15) is 0 Å². The topological polar surface area (TPSA) is 357 Å². The molecule has 0 saturated carbocycles. The zero-order valence-electron chi connectivity index (χ0n) is 66.2. The van der Waals surface area contributed by atoms with Crippen LogP contribution in [0.4, 0.5) is 0 Å². The predicted molar refractivity (Wildman–Crippen MR) is 414 cm³/mol. The van der Waals surface area contributed by atoms with E-state index in [1.807, 2.05) is 169 Å². The molecule has 0 fully saturated rings. The highest BCUT2D eigenvalue weighted by Gasteiger charge is 2.34. The Balaban J connectivity index is -0.00000126. The molecule has 9 atom stereocenters. The Morgan fingerprint density at radius 2 is 0.600 bits per heavy atom. The Morgan fingerprint density at radius 1 is 0.360 bits per heavy atom. The van der Waals surface area contributed by atoms with Crippen molar-refractivity contribution in [3.05, 3.63) is 85.5 Å². The third-order valence-corrected chi connectivity index (χ3v) is 16.6. The van der Waals surface area contributed by atoms with Crippen molar-refractivity contribution in [1.82, 2.24) is 42.5 Å². The lowest BCUT2D eigenvalue weighted by Crippen LogP contribution is -2.48. The van der Waals surface area contributed by atoms with E-state index in [9.17, 15) is 43.5 Å². The molecule has 1 aromatic rings. The van der Waals surface area contributed by atoms with Gasteiger partial charge < -0.3 is 70.6 Å². The van der Waals surface area contributed by atoms with E-state index in [0.29, 0.717) is 94.4 Å². The second kappa shape index (κ2) is 54.4. The van der Waals surface area contributed by atoms with Crippen molar-refractivity contribution < 1.29 is 43.5 Å². The average Bonchev–Trinajstić information content (AvgIpc) is 0.901. The molecule has 0 aliphatic carbocycles. The summed E-state index contributed by atoms with van der Waals surface area (Å²) in [6, 6.07) is 9.41. The van der Waals surface area contributed by atoms with Gasteiger partial charge in [0.1, 0.15) is 23.1 Å². The van der Waals surface area contributed by atoms with Crippen LogP contribution in [0, 0.1) is 59.2 Å². The largest absolute Gasteiger partial charge is 0.391 e. The summed E-state index contributed by atoms with van der Waals surface area (Å²) in [5.74, 6) is 1.57. The summed E-state index contributed by atoms with van der Waals surface area (Å²) in [6.07, 6.45) is 6.61. The number of aliphatic hydroxyl groups excluding tert-OH is 1. The van der Waals surface area contributed by atoms with Crippen LogP contribution in [0.5, 0.6) is 0 Å². The number of nitrogens with one attached hydrogen (secondary N) is 8. The van der Waals surface area contributed by atoms with E-state index < -0.39 is 12.1 Å². The van der Waals surface area contributed by atoms with Crippen LogP contribution in [0.2, 0.25) is 0 Å². The fourth-order valence-corrected chi connectivity index (χ4v) is 11.6. The lowest BCUT2D eigenvalue weighted by molar-refractivity contribution is -0.132. The lowest BCUT2D eigenvalue weighted by atomic mass is 9.84. The highest BCUT2D eigenvalue weighted by Crippen LogP contribution is 2.25. The van der Waals surface area contributed by atoms with Crippen molar-refractivity contribution in [3.63, 3.8) is 0 Å². The number of Topliss-reactive ketones (excluding diaryl/α,β-unsaturated/α-hetero) is 8. The summed E-state index contributed by atoms with van der Waals surface area (Å²) >= 11 is 0. The summed E-state index contributed by atoms with van der Waals surface area (Å²) in [5, 5.41) is 34.8. The molecule has 1 rings (SSSR count). The van der Waals surface area contributed by atoms with Crippen LogP contribution in [-0.4, -0.2) is 132 Å². The van der Waals surface area contributed by atoms with Crippen LogP contribution in [0.1, 0.15) is 228 Å². The summed E-state index contributed by atoms with van der Waals surface area (Å²) in [5.41, 5.74) is 23.1. The van der Waals surface area contributed by atoms with Gasteiger partial charge in [-0.25, -0.2) is 0 Å². The molecule has 0 saturated heterocycles. The zero-order valence-corrected chi connectivity index (χ0v) is 66.2. The van der Waals surface area contributed by atoms with Crippen molar-refractivity contribution in [2.45, 2.75) is 283 Å². The molecule has 21 heteroatoms. The number of benzene rings is 1. The molecule has 0 radical (unpaired) electrons. The van der Waals surface area contributed by atoms with Gasteiger partial charge in [0.15, 0.2) is 23.1 Å². The quantitative estimate of drug-likeness (QED) is 0.0270. The maximum absolute atomic E-state index is 13.1. The van der Waals surface area contributed by atoms with Crippen LogP contribution in [0.25, 0.3) is 0 Å². The Morgan fingerprint density at radius 3 is 0.820 bits per heavy atom. The van der Waals surface area contributed by atoms with E-state index in [1.165, 1.54) is 0 Å². The first-order valence-electron chi connectivity index (χ1n) is 37.1. The second-order valence-corrected chi connectivity index (χ2v) is 30.3. The number of aliphatic hydroxyl groups is 1. The van der Waals surface area contributed by atoms with Crippen molar-refractivity contribution in [3.8, 4) is 0 Å². The predicted octanol–water partition coefficient (Wildman–Crippen LogP) is 9.75. The first kappa shape index (κ1) is 97.9. The highest BCUT2D eigenvalue weighted by atomic mass is 16.3. The monoisotopic (exact) mass is 1410 g/mol. The number of carbonyl (C=O) groups excluding carboxylic acids is 8. The summed E-state index contributed by atoms with van der Waals surface area (Å²) in [4.78, 5) is 101. The third-order valence-electron chi connectivity index (χ3n) is 16.6. The fraction of sp³-hybridized carbons (Fsp3) is 0.722. The van der Waals surface area contributed by atoms with Crippen molar-refractivity contribution >= 4 is 46.3 Å². The molecule has 17 N–H and O–H groups in total. The van der Waals surface area contributed by atoms with E-state index in [1.54, 1.807) is 6.92 Å². The number of rotatable bonds is 53. The number of carbonyl (C=O) groups is 8. The van der Waals surface area contributed by atoms with Gasteiger partial charge in [0, 0.05) is 123 Å². The standard InChI is InChI=1S/C23H37N3O2.2C19H37N3O2.C18H35N3O3/c1-16(2)23(28)20(12-9-13-25-18(5)24)15-22(27)21(26-17(3)4)14-19-10-7-6-8-11-19;2*1-12(2)18(22-14(5)6)17(23)11-16(19(24)13(3)4)9-8-10-21-15(7)20;1-11(2)18(24)15(8-7-9-20-14(6)19)10-16(23)17(13(5)22)21-12(3)4/h6-8,10-11,16-17,20-21,25-26H,5,9,12-15,24H2,1-4H3;2*12-14,16,18,21-22H,7-11,20H2,1-6H3;11-13,15,17,20-22H,6-10,19H2,1-5H3/t20-,21+;2*16-,18+;13?,15-,17+/m1111/s1. The lowest BCUT2D eigenvalue weighted by Gasteiger charge is -2.26. The molecule has 21 nitrogen and oxygen atoms in total. The van der Waals surface area contributed by atoms with Gasteiger partial charge in [-0.15, -0.1) is 0 Å². The van der Waals surface area contributed by atoms with Crippen molar-refractivity contribution in [2.24, 2.45) is 82.1 Å². The van der Waals surface area contributed by atoms with E-state index in [4.69, 9.17) is 22.9 Å². The van der Waals surface area contributed by atoms with E-state index in [-0.39, 0.29) is 161 Å². The van der Waals surface area contributed by atoms with E-state index >= 15 is 0 Å². The fourth-order valence-electron chi connectivity index (χ4n) is 11.6. The third kappa shape index (κ3) is 47.8. The summed E-state index contributed by atoms with van der Waals surface area (Å²) in [6.45, 7) is 57.8. The SMILES string of the molecule is C=C(N)NCCC[C@H](CC(=O)[C@@H](NC(C)C)C(C)C)C(=O)C(C)C.C=C(N)NCCC[C@H](CC(=O)[C@@H](NC(C)C)C(C)C)C(=O)C(C)C.C=C(N)NCCC[C@H](CC(=O)[C@@H](NC(C)C)C(C)O)C(=O)C(C)C.C=C(N)NCCC[C@H](CC(=O)[C@H](Cc1ccccc1)NC(C)C)C(=O)C(C)C. The number of hydrogen-bond donors (Lipinski definition) is 13. The van der Waals surface area contributed by atoms with Gasteiger partial charge in [-0.1, -0.05) is 195 Å². The Kier molecular flexibility index (Phi) is 53.3. The number of ketones is 8. The molecule has 100 heavy (non-hydrogen) atoms. The molecule has 0 aliphatic heterocycles. The van der Waals surface area contributed by atoms with Gasteiger partial charge in [-0.05, 0) is 82.1 Å². The minimum Gasteiger partial charge on any atom is -0.391 e. The molecule has 0 heterocycles. The van der Waals surface area contributed by atoms with Crippen LogP contribution in [0.15, 0.2) is 79.9 Å². The summed E-state index contributed by atoms with van der Waals surface area (Å²) in [7, 11) is 0. The Hall–Kier alpha value is -6.26. The number of nitrogens with two attached hydrogens (primary N) is 4. The average molecular weight is 1410 g/mol. The Labute approximate surface area is 606 Å². The van der Waals surface area contributed by atoms with Crippen LogP contribution in [0.3, 0.4) is 0 Å². The molecule has 0 bridgehead atoms. The maximum atomic E-state index is 13.1. The molecule has 1 aromatic carbocycles. The molecule has 0 aromatic heterocycles. The minimum absolute atomic E-state index is 0.0595. The first-order chi connectivity index (χ1) is 46.4.